The summed E-state index contributed by atoms with van der Waals surface area (Å²) in [6.07, 6.45) is 5.54. The number of carbonyl (C=O) groups excluding carboxylic acids is 2. The van der Waals surface area contributed by atoms with Crippen molar-refractivity contribution < 1.29 is 14.8 Å². The number of pyridine rings is 2. The second-order valence-electron chi connectivity index (χ2n) is 5.62. The predicted octanol–water partition coefficient (Wildman–Crippen LogP) is 2.93. The van der Waals surface area contributed by atoms with E-state index in [2.05, 4.69) is 15.3 Å². The molecule has 0 aromatic carbocycles. The Morgan fingerprint density at radius 2 is 1.60 bits per heavy atom. The molecule has 2 amide bonds. The fraction of sp³-hybridized carbons (Fsp3) is 0.333. The summed E-state index contributed by atoms with van der Waals surface area (Å²) in [5, 5.41) is 11.2. The predicted molar refractivity (Wildman–Crippen MR) is 93.7 cm³/mol. The second-order valence-corrected chi connectivity index (χ2v) is 5.62. The number of hydrogen-bond acceptors (Lipinski definition) is 5. The molecule has 0 aliphatic heterocycles. The highest BCUT2D eigenvalue weighted by atomic mass is 16.5. The molecule has 0 unspecified atom stereocenters. The van der Waals surface area contributed by atoms with Gasteiger partial charge in [0.25, 0.3) is 0 Å². The van der Waals surface area contributed by atoms with Crippen molar-refractivity contribution in [3.05, 3.63) is 42.6 Å². The lowest BCUT2D eigenvalue weighted by atomic mass is 10.1. The summed E-state index contributed by atoms with van der Waals surface area (Å²) in [6.45, 7) is 0. The number of unbranched alkanes of at least 4 members (excludes halogenated alkanes) is 3. The molecule has 0 aliphatic carbocycles. The first-order valence-electron chi connectivity index (χ1n) is 8.30. The van der Waals surface area contributed by atoms with E-state index in [4.69, 9.17) is 5.21 Å². The van der Waals surface area contributed by atoms with Gasteiger partial charge in [0.1, 0.15) is 5.82 Å². The van der Waals surface area contributed by atoms with Crippen LogP contribution < -0.4 is 10.8 Å². The summed E-state index contributed by atoms with van der Waals surface area (Å²) in [7, 11) is 0. The number of rotatable bonds is 9. The van der Waals surface area contributed by atoms with Crippen LogP contribution in [0.15, 0.2) is 42.6 Å². The van der Waals surface area contributed by atoms with E-state index in [1.807, 2.05) is 30.3 Å². The van der Waals surface area contributed by atoms with Crippen molar-refractivity contribution in [3.8, 4) is 11.4 Å². The number of nitrogens with one attached hydrogen (secondary N) is 2. The van der Waals surface area contributed by atoms with Gasteiger partial charge in [-0.15, -0.1) is 0 Å². The van der Waals surface area contributed by atoms with Gasteiger partial charge in [0, 0.05) is 19.0 Å². The first-order chi connectivity index (χ1) is 12.2. The van der Waals surface area contributed by atoms with Crippen LogP contribution in [0.3, 0.4) is 0 Å². The molecule has 2 rings (SSSR count). The number of hydrogen-bond donors (Lipinski definition) is 3. The van der Waals surface area contributed by atoms with Gasteiger partial charge < -0.3 is 5.32 Å². The van der Waals surface area contributed by atoms with Crippen molar-refractivity contribution in [1.29, 1.82) is 0 Å². The van der Waals surface area contributed by atoms with Crippen LogP contribution in [-0.2, 0) is 9.59 Å². The smallest absolute Gasteiger partial charge is 0.243 e. The average Bonchev–Trinajstić information content (AvgIpc) is 2.65. The number of amides is 2. The summed E-state index contributed by atoms with van der Waals surface area (Å²) in [5.41, 5.74) is 3.07. The Kier molecular flexibility index (Phi) is 7.52. The second kappa shape index (κ2) is 10.1. The van der Waals surface area contributed by atoms with Crippen molar-refractivity contribution in [2.75, 3.05) is 5.32 Å². The van der Waals surface area contributed by atoms with Crippen LogP contribution in [-0.4, -0.2) is 27.0 Å². The molecular formula is C18H22N4O3. The minimum absolute atomic E-state index is 0.0845. The standard InChI is InChI=1S/C18H22N4O3/c23-17(11-3-1-2-4-12-18(24)22-25)21-16-10-7-9-15(20-16)14-8-5-6-13-19-14/h5-10,13,25H,1-4,11-12H2,(H,22,24)(H,20,21,23). The quantitative estimate of drug-likeness (QED) is 0.369. The van der Waals surface area contributed by atoms with E-state index in [0.29, 0.717) is 30.8 Å². The van der Waals surface area contributed by atoms with Gasteiger partial charge in [-0.3, -0.25) is 19.8 Å². The fourth-order valence-electron chi connectivity index (χ4n) is 2.35. The van der Waals surface area contributed by atoms with Gasteiger partial charge >= 0.3 is 0 Å². The molecule has 0 bridgehead atoms. The van der Waals surface area contributed by atoms with E-state index in [1.165, 1.54) is 0 Å². The minimum atomic E-state index is -0.378. The van der Waals surface area contributed by atoms with Gasteiger partial charge in [-0.25, -0.2) is 10.5 Å². The number of carbonyl (C=O) groups is 2. The molecule has 0 atom stereocenters. The number of anilines is 1. The van der Waals surface area contributed by atoms with Crippen LogP contribution >= 0.6 is 0 Å². The topological polar surface area (TPSA) is 104 Å². The Morgan fingerprint density at radius 3 is 2.28 bits per heavy atom. The van der Waals surface area contributed by atoms with E-state index in [-0.39, 0.29) is 11.8 Å². The molecule has 2 aromatic heterocycles. The van der Waals surface area contributed by atoms with Gasteiger partial charge in [-0.05, 0) is 37.1 Å². The zero-order chi connectivity index (χ0) is 17.9. The molecular weight excluding hydrogens is 320 g/mol. The van der Waals surface area contributed by atoms with Crippen molar-refractivity contribution >= 4 is 17.6 Å². The summed E-state index contributed by atoms with van der Waals surface area (Å²) in [4.78, 5) is 31.5. The molecule has 0 radical (unpaired) electrons. The van der Waals surface area contributed by atoms with Gasteiger partial charge in [-0.2, -0.15) is 0 Å². The molecule has 0 saturated carbocycles. The number of nitrogens with zero attached hydrogens (tertiary/aromatic N) is 2. The normalized spacial score (nSPS) is 10.3. The van der Waals surface area contributed by atoms with E-state index >= 15 is 0 Å². The summed E-state index contributed by atoms with van der Waals surface area (Å²) in [5.74, 6) is 0.0446. The lowest BCUT2D eigenvalue weighted by molar-refractivity contribution is -0.129. The average molecular weight is 342 g/mol. The highest BCUT2D eigenvalue weighted by Crippen LogP contribution is 2.16. The zero-order valence-corrected chi connectivity index (χ0v) is 13.9. The maximum absolute atomic E-state index is 12.0. The Bertz CT molecular complexity index is 692. The highest BCUT2D eigenvalue weighted by molar-refractivity contribution is 5.89. The molecule has 7 nitrogen and oxygen atoms in total. The summed E-state index contributed by atoms with van der Waals surface area (Å²) < 4.78 is 0. The third-order valence-corrected chi connectivity index (χ3v) is 3.63. The maximum atomic E-state index is 12.0. The van der Waals surface area contributed by atoms with Crippen LogP contribution in [0.1, 0.15) is 38.5 Å². The molecule has 2 heterocycles. The molecule has 0 fully saturated rings. The summed E-state index contributed by atoms with van der Waals surface area (Å²) in [6, 6.07) is 11.0. The minimum Gasteiger partial charge on any atom is -0.311 e. The monoisotopic (exact) mass is 342 g/mol. The fourth-order valence-corrected chi connectivity index (χ4v) is 2.35. The third kappa shape index (κ3) is 6.68. The molecule has 25 heavy (non-hydrogen) atoms. The van der Waals surface area contributed by atoms with Gasteiger partial charge in [0.15, 0.2) is 0 Å². The van der Waals surface area contributed by atoms with Crippen molar-refractivity contribution in [1.82, 2.24) is 15.4 Å². The molecule has 2 aromatic rings. The lowest BCUT2D eigenvalue weighted by Gasteiger charge is -2.06. The Labute approximate surface area is 146 Å². The van der Waals surface area contributed by atoms with Gasteiger partial charge in [0.2, 0.25) is 11.8 Å². The largest absolute Gasteiger partial charge is 0.311 e. The lowest BCUT2D eigenvalue weighted by Crippen LogP contribution is -2.17. The zero-order valence-electron chi connectivity index (χ0n) is 13.9. The van der Waals surface area contributed by atoms with Crippen LogP contribution in [0.2, 0.25) is 0 Å². The van der Waals surface area contributed by atoms with Crippen LogP contribution in [0.25, 0.3) is 11.4 Å². The number of hydroxylamine groups is 1. The highest BCUT2D eigenvalue weighted by Gasteiger charge is 2.06. The summed E-state index contributed by atoms with van der Waals surface area (Å²) >= 11 is 0. The Morgan fingerprint density at radius 1 is 0.880 bits per heavy atom. The molecule has 7 heteroatoms. The molecule has 0 saturated heterocycles. The van der Waals surface area contributed by atoms with Crippen molar-refractivity contribution in [2.24, 2.45) is 0 Å². The van der Waals surface area contributed by atoms with Crippen LogP contribution in [0.5, 0.6) is 0 Å². The van der Waals surface area contributed by atoms with E-state index in [9.17, 15) is 9.59 Å². The van der Waals surface area contributed by atoms with E-state index < -0.39 is 0 Å². The Balaban J connectivity index is 1.73. The molecule has 3 N–H and O–H groups in total. The van der Waals surface area contributed by atoms with Crippen molar-refractivity contribution in [2.45, 2.75) is 38.5 Å². The van der Waals surface area contributed by atoms with Crippen molar-refractivity contribution in [3.63, 3.8) is 0 Å². The molecule has 132 valence electrons. The first kappa shape index (κ1) is 18.5. The van der Waals surface area contributed by atoms with E-state index in [1.54, 1.807) is 17.7 Å². The van der Waals surface area contributed by atoms with E-state index in [0.717, 1.165) is 25.0 Å². The molecule has 0 aliphatic rings. The third-order valence-electron chi connectivity index (χ3n) is 3.63. The van der Waals surface area contributed by atoms with Gasteiger partial charge in [0.05, 0.1) is 11.4 Å². The number of aromatic nitrogens is 2. The van der Waals surface area contributed by atoms with Crippen LogP contribution in [0.4, 0.5) is 5.82 Å². The SMILES string of the molecule is O=C(CCCCCCC(=O)Nc1cccc(-c2ccccn2)n1)NO. The van der Waals surface area contributed by atoms with Gasteiger partial charge in [-0.1, -0.05) is 25.0 Å². The maximum Gasteiger partial charge on any atom is 0.243 e. The first-order valence-corrected chi connectivity index (χ1v) is 8.30. The Hall–Kier alpha value is -2.80. The molecule has 0 spiro atoms. The van der Waals surface area contributed by atoms with Crippen LogP contribution in [0, 0.1) is 0 Å².